The van der Waals surface area contributed by atoms with E-state index in [2.05, 4.69) is 40.0 Å². The fourth-order valence-electron chi connectivity index (χ4n) is 1.02. The zero-order valence-corrected chi connectivity index (χ0v) is 8.92. The Bertz CT molecular complexity index is 497. The summed E-state index contributed by atoms with van der Waals surface area (Å²) in [7, 11) is 0. The van der Waals surface area contributed by atoms with Crippen LogP contribution in [0.2, 0.25) is 0 Å². The van der Waals surface area contributed by atoms with Crippen molar-refractivity contribution in [3.8, 4) is 0 Å². The third-order valence-electron chi connectivity index (χ3n) is 1.54. The van der Waals surface area contributed by atoms with E-state index < -0.39 is 0 Å². The van der Waals surface area contributed by atoms with Crippen LogP contribution in [-0.2, 0) is 0 Å². The van der Waals surface area contributed by atoms with E-state index in [1.165, 1.54) is 11.3 Å². The Morgan fingerprint density at radius 3 is 3.15 bits per heavy atom. The molecule has 5 heteroatoms. The van der Waals surface area contributed by atoms with Gasteiger partial charge in [-0.25, -0.2) is 4.98 Å². The third-order valence-corrected chi connectivity index (χ3v) is 2.82. The van der Waals surface area contributed by atoms with Gasteiger partial charge in [-0.3, -0.25) is 0 Å². The Morgan fingerprint density at radius 2 is 2.38 bits per heavy atom. The number of isothiocyanates is 1. The van der Waals surface area contributed by atoms with Crippen LogP contribution in [0.5, 0.6) is 0 Å². The van der Waals surface area contributed by atoms with Gasteiger partial charge in [0.1, 0.15) is 4.34 Å². The first kappa shape index (κ1) is 8.84. The van der Waals surface area contributed by atoms with E-state index in [-0.39, 0.29) is 0 Å². The molecule has 0 unspecified atom stereocenters. The molecule has 0 aliphatic carbocycles. The minimum Gasteiger partial charge on any atom is -0.230 e. The highest BCUT2D eigenvalue weighted by Crippen LogP contribution is 2.27. The van der Waals surface area contributed by atoms with Gasteiger partial charge in [0.05, 0.1) is 21.1 Å². The molecular weight excluding hydrogens is 220 g/mol. The molecule has 2 nitrogen and oxygen atoms in total. The molecule has 0 atom stereocenters. The monoisotopic (exact) mass is 224 g/mol. The zero-order valence-electron chi connectivity index (χ0n) is 6.39. The number of aromatic nitrogens is 1. The zero-order chi connectivity index (χ0) is 9.26. The standard InChI is InChI=1S/C8H4N2S3/c11-4-9-5-1-2-6-7(3-5)13-8(12)10-6/h1-3H,(H,10,12). The largest absolute Gasteiger partial charge is 0.230 e. The van der Waals surface area contributed by atoms with Gasteiger partial charge in [0.15, 0.2) is 0 Å². The molecule has 0 amide bonds. The number of hydrogen-bond acceptors (Lipinski definition) is 5. The van der Waals surface area contributed by atoms with E-state index in [0.29, 0.717) is 0 Å². The van der Waals surface area contributed by atoms with Gasteiger partial charge in [-0.2, -0.15) is 4.99 Å². The normalized spacial score (nSPS) is 9.92. The van der Waals surface area contributed by atoms with Gasteiger partial charge in [0, 0.05) is 0 Å². The third kappa shape index (κ3) is 1.78. The number of hydrogen-bond donors (Lipinski definition) is 1. The molecule has 0 saturated carbocycles. The van der Waals surface area contributed by atoms with Crippen molar-refractivity contribution >= 4 is 57.2 Å². The molecule has 13 heavy (non-hydrogen) atoms. The maximum Gasteiger partial charge on any atom is 0.148 e. The van der Waals surface area contributed by atoms with Crippen molar-refractivity contribution in [3.63, 3.8) is 0 Å². The fraction of sp³-hybridized carbons (Fsp3) is 0. The van der Waals surface area contributed by atoms with Crippen molar-refractivity contribution in [2.24, 2.45) is 4.99 Å². The first-order valence-corrected chi connectivity index (χ1v) is 5.14. The smallest absolute Gasteiger partial charge is 0.148 e. The number of benzene rings is 1. The number of fused-ring (bicyclic) bond motifs is 1. The van der Waals surface area contributed by atoms with E-state index in [1.807, 2.05) is 18.2 Å². The molecule has 1 heterocycles. The molecule has 0 aliphatic rings. The Labute approximate surface area is 89.7 Å². The molecule has 2 rings (SSSR count). The maximum atomic E-state index is 4.52. The summed E-state index contributed by atoms with van der Waals surface area (Å²) in [5, 5.41) is 2.33. The molecule has 0 bridgehead atoms. The molecular formula is C8H4N2S3. The van der Waals surface area contributed by atoms with Crippen molar-refractivity contribution < 1.29 is 0 Å². The molecule has 64 valence electrons. The van der Waals surface area contributed by atoms with Gasteiger partial charge < -0.3 is 0 Å². The molecule has 0 saturated heterocycles. The van der Waals surface area contributed by atoms with Gasteiger partial charge in [-0.05, 0) is 30.4 Å². The second-order valence-corrected chi connectivity index (χ2v) is 4.29. The van der Waals surface area contributed by atoms with Crippen LogP contribution < -0.4 is 0 Å². The highest BCUT2D eigenvalue weighted by atomic mass is 32.2. The van der Waals surface area contributed by atoms with Gasteiger partial charge in [-0.1, -0.05) is 0 Å². The van der Waals surface area contributed by atoms with E-state index >= 15 is 0 Å². The van der Waals surface area contributed by atoms with E-state index in [9.17, 15) is 0 Å². The first-order valence-electron chi connectivity index (χ1n) is 3.47. The van der Waals surface area contributed by atoms with Crippen LogP contribution in [0.3, 0.4) is 0 Å². The van der Waals surface area contributed by atoms with Crippen molar-refractivity contribution in [1.82, 2.24) is 4.98 Å². The second kappa shape index (κ2) is 3.55. The summed E-state index contributed by atoms with van der Waals surface area (Å²) in [6.45, 7) is 0. The summed E-state index contributed by atoms with van der Waals surface area (Å²) in [6, 6.07) is 5.68. The molecule has 0 radical (unpaired) electrons. The molecule has 2 aromatic rings. The van der Waals surface area contributed by atoms with Crippen molar-refractivity contribution in [1.29, 1.82) is 0 Å². The Morgan fingerprint density at radius 1 is 1.54 bits per heavy atom. The van der Waals surface area contributed by atoms with Crippen LogP contribution in [0.1, 0.15) is 0 Å². The van der Waals surface area contributed by atoms with Crippen LogP contribution in [-0.4, -0.2) is 10.1 Å². The quantitative estimate of drug-likeness (QED) is 0.456. The van der Waals surface area contributed by atoms with E-state index in [0.717, 1.165) is 20.2 Å². The summed E-state index contributed by atoms with van der Waals surface area (Å²) in [5.74, 6) is 0. The van der Waals surface area contributed by atoms with Crippen LogP contribution in [0.15, 0.2) is 27.5 Å². The molecule has 0 N–H and O–H groups in total. The summed E-state index contributed by atoms with van der Waals surface area (Å²) >= 11 is 10.2. The topological polar surface area (TPSA) is 25.2 Å². The van der Waals surface area contributed by atoms with Crippen molar-refractivity contribution in [3.05, 3.63) is 18.2 Å². The van der Waals surface area contributed by atoms with Gasteiger partial charge >= 0.3 is 0 Å². The molecule has 0 fully saturated rings. The first-order chi connectivity index (χ1) is 6.29. The predicted octanol–water partition coefficient (Wildman–Crippen LogP) is 3.32. The number of thiocarbonyl (C=S) groups is 1. The van der Waals surface area contributed by atoms with E-state index in [4.69, 9.17) is 0 Å². The molecule has 1 aromatic heterocycles. The van der Waals surface area contributed by atoms with Crippen molar-refractivity contribution in [2.75, 3.05) is 0 Å². The second-order valence-electron chi connectivity index (χ2n) is 2.35. The number of thiazole rings is 1. The Hall–Kier alpha value is -0.740. The number of aliphatic imine (C=N–C) groups is 1. The minimum absolute atomic E-state index is 0.762. The van der Waals surface area contributed by atoms with Gasteiger partial charge in [0.25, 0.3) is 0 Å². The predicted molar refractivity (Wildman–Crippen MR) is 61.6 cm³/mol. The summed E-state index contributed by atoms with van der Waals surface area (Å²) in [5.41, 5.74) is 1.75. The van der Waals surface area contributed by atoms with Crippen LogP contribution >= 0.6 is 36.2 Å². The molecule has 0 spiro atoms. The lowest BCUT2D eigenvalue weighted by Gasteiger charge is -1.88. The lowest BCUT2D eigenvalue weighted by Crippen LogP contribution is -1.66. The Kier molecular flexibility index (Phi) is 2.42. The van der Waals surface area contributed by atoms with E-state index in [1.54, 1.807) is 0 Å². The average Bonchev–Trinajstić information content (AvgIpc) is 2.44. The summed E-state index contributed by atoms with van der Waals surface area (Å²) in [4.78, 5) is 8.09. The highest BCUT2D eigenvalue weighted by Gasteiger charge is 2.00. The lowest BCUT2D eigenvalue weighted by atomic mass is 10.3. The van der Waals surface area contributed by atoms with Crippen LogP contribution in [0.4, 0.5) is 5.69 Å². The summed E-state index contributed by atoms with van der Waals surface area (Å²) < 4.78 is 1.83. The maximum absolute atomic E-state index is 4.52. The average molecular weight is 224 g/mol. The summed E-state index contributed by atoms with van der Waals surface area (Å²) in [6.07, 6.45) is 0. The van der Waals surface area contributed by atoms with Crippen molar-refractivity contribution in [2.45, 2.75) is 4.34 Å². The number of rotatable bonds is 1. The lowest BCUT2D eigenvalue weighted by molar-refractivity contribution is 1.31. The van der Waals surface area contributed by atoms with Crippen LogP contribution in [0, 0.1) is 0 Å². The molecule has 1 aromatic carbocycles. The van der Waals surface area contributed by atoms with Gasteiger partial charge in [0.2, 0.25) is 0 Å². The van der Waals surface area contributed by atoms with Crippen LogP contribution in [0.25, 0.3) is 10.2 Å². The molecule has 0 aliphatic heterocycles. The fourth-order valence-corrected chi connectivity index (χ4v) is 2.27. The SMILES string of the molecule is S=C=Nc1ccc2nc(S)sc2c1. The highest BCUT2D eigenvalue weighted by molar-refractivity contribution is 7.82. The number of thiol groups is 1. The Balaban J connectivity index is 2.67. The van der Waals surface area contributed by atoms with Gasteiger partial charge in [-0.15, -0.1) is 24.0 Å². The minimum atomic E-state index is 0.762. The number of nitrogens with zero attached hydrogens (tertiary/aromatic N) is 2.